The number of hydrogen-bond acceptors (Lipinski definition) is 5. The number of aliphatic imine (C=N–C) groups is 1. The quantitative estimate of drug-likeness (QED) is 0.755. The fourth-order valence-electron chi connectivity index (χ4n) is 1.03. The molecule has 70 valence electrons. The summed E-state index contributed by atoms with van der Waals surface area (Å²) < 4.78 is 0. The van der Waals surface area contributed by atoms with E-state index in [1.165, 1.54) is 0 Å². The molecular formula is C8H6N4O2. The van der Waals surface area contributed by atoms with Crippen LogP contribution in [0.15, 0.2) is 39.6 Å². The molecule has 1 N–H and O–H groups in total. The van der Waals surface area contributed by atoms with E-state index in [2.05, 4.69) is 20.2 Å². The SMILES string of the molecule is O=C(O)C1=N[C@H](c2ccccn2)N=N1. The summed E-state index contributed by atoms with van der Waals surface area (Å²) in [6.07, 6.45) is 0.987. The molecule has 0 aromatic carbocycles. The van der Waals surface area contributed by atoms with Gasteiger partial charge in [-0.3, -0.25) is 4.98 Å². The van der Waals surface area contributed by atoms with Gasteiger partial charge in [-0.1, -0.05) is 6.07 Å². The number of amidine groups is 1. The highest BCUT2D eigenvalue weighted by Gasteiger charge is 2.21. The molecule has 0 fully saturated rings. The molecular weight excluding hydrogens is 184 g/mol. The first kappa shape index (κ1) is 8.49. The van der Waals surface area contributed by atoms with Gasteiger partial charge in [0.15, 0.2) is 0 Å². The van der Waals surface area contributed by atoms with Gasteiger partial charge in [0, 0.05) is 6.20 Å². The molecule has 0 bridgehead atoms. The minimum Gasteiger partial charge on any atom is -0.475 e. The van der Waals surface area contributed by atoms with Crippen molar-refractivity contribution in [2.75, 3.05) is 0 Å². The summed E-state index contributed by atoms with van der Waals surface area (Å²) in [5.74, 6) is -1.45. The highest BCUT2D eigenvalue weighted by atomic mass is 16.4. The third kappa shape index (κ3) is 1.49. The minimum absolute atomic E-state index is 0.277. The third-order valence-corrected chi connectivity index (χ3v) is 1.65. The molecule has 1 aromatic heterocycles. The van der Waals surface area contributed by atoms with Crippen LogP contribution in [0.4, 0.5) is 0 Å². The first-order valence-corrected chi connectivity index (χ1v) is 3.90. The van der Waals surface area contributed by atoms with E-state index in [1.807, 2.05) is 0 Å². The van der Waals surface area contributed by atoms with Crippen molar-refractivity contribution in [3.05, 3.63) is 30.1 Å². The summed E-state index contributed by atoms with van der Waals surface area (Å²) in [5.41, 5.74) is 0.590. The average molecular weight is 190 g/mol. The van der Waals surface area contributed by atoms with Crippen LogP contribution in [-0.2, 0) is 4.79 Å². The van der Waals surface area contributed by atoms with E-state index in [-0.39, 0.29) is 5.84 Å². The Morgan fingerprint density at radius 2 is 2.29 bits per heavy atom. The summed E-state index contributed by atoms with van der Waals surface area (Å²) >= 11 is 0. The van der Waals surface area contributed by atoms with Gasteiger partial charge in [0.05, 0.1) is 5.69 Å². The molecule has 2 rings (SSSR count). The minimum atomic E-state index is -1.17. The number of aliphatic carboxylic acids is 1. The zero-order valence-electron chi connectivity index (χ0n) is 7.03. The van der Waals surface area contributed by atoms with Crippen LogP contribution in [0.5, 0.6) is 0 Å². The number of hydrogen-bond donors (Lipinski definition) is 1. The number of azo groups is 1. The summed E-state index contributed by atoms with van der Waals surface area (Å²) in [7, 11) is 0. The number of carbonyl (C=O) groups is 1. The molecule has 14 heavy (non-hydrogen) atoms. The Morgan fingerprint density at radius 3 is 2.86 bits per heavy atom. The molecule has 0 radical (unpaired) electrons. The van der Waals surface area contributed by atoms with E-state index >= 15 is 0 Å². The Balaban J connectivity index is 2.26. The Labute approximate surface area is 79.0 Å². The number of carboxylic acid groups (broad SMARTS) is 1. The molecule has 1 aliphatic rings. The molecule has 1 aliphatic heterocycles. The molecule has 1 atom stereocenters. The van der Waals surface area contributed by atoms with Crippen LogP contribution in [0.25, 0.3) is 0 Å². The molecule has 6 heteroatoms. The lowest BCUT2D eigenvalue weighted by Crippen LogP contribution is -2.07. The van der Waals surface area contributed by atoms with Crippen LogP contribution in [0.1, 0.15) is 11.9 Å². The molecule has 6 nitrogen and oxygen atoms in total. The van der Waals surface area contributed by atoms with Crippen LogP contribution in [-0.4, -0.2) is 21.9 Å². The summed E-state index contributed by atoms with van der Waals surface area (Å²) in [6, 6.07) is 5.27. The fourth-order valence-corrected chi connectivity index (χ4v) is 1.03. The molecule has 0 spiro atoms. The number of pyridine rings is 1. The van der Waals surface area contributed by atoms with Gasteiger partial charge in [-0.2, -0.15) is 5.11 Å². The van der Waals surface area contributed by atoms with Crippen LogP contribution in [0, 0.1) is 0 Å². The van der Waals surface area contributed by atoms with Gasteiger partial charge in [0.2, 0.25) is 6.17 Å². The van der Waals surface area contributed by atoms with Crippen molar-refractivity contribution in [2.24, 2.45) is 15.2 Å². The predicted molar refractivity (Wildman–Crippen MR) is 46.9 cm³/mol. The number of aromatic nitrogens is 1. The van der Waals surface area contributed by atoms with Gasteiger partial charge in [0.1, 0.15) is 0 Å². The van der Waals surface area contributed by atoms with Gasteiger partial charge in [-0.15, -0.1) is 5.11 Å². The molecule has 2 heterocycles. The Hall–Kier alpha value is -2.11. The average Bonchev–Trinajstić information content (AvgIpc) is 2.68. The van der Waals surface area contributed by atoms with E-state index in [0.717, 1.165) is 0 Å². The summed E-state index contributed by atoms with van der Waals surface area (Å²) in [4.78, 5) is 18.3. The van der Waals surface area contributed by atoms with Gasteiger partial charge in [-0.25, -0.2) is 9.79 Å². The highest BCUT2D eigenvalue weighted by molar-refractivity contribution is 6.35. The molecule has 0 unspecified atom stereocenters. The largest absolute Gasteiger partial charge is 0.475 e. The normalized spacial score (nSPS) is 19.4. The standard InChI is InChI=1S/C8H6N4O2/c13-8(14)7-10-6(11-12-7)5-3-1-2-4-9-5/h1-4,6H,(H,13,14)/t6-/m0/s1. The number of nitrogens with zero attached hydrogens (tertiary/aromatic N) is 4. The van der Waals surface area contributed by atoms with Crippen molar-refractivity contribution >= 4 is 11.8 Å². The number of rotatable bonds is 2. The lowest BCUT2D eigenvalue weighted by atomic mass is 10.3. The van der Waals surface area contributed by atoms with E-state index < -0.39 is 12.1 Å². The zero-order chi connectivity index (χ0) is 9.97. The van der Waals surface area contributed by atoms with Crippen molar-refractivity contribution in [3.8, 4) is 0 Å². The van der Waals surface area contributed by atoms with Gasteiger partial charge >= 0.3 is 5.97 Å². The van der Waals surface area contributed by atoms with Gasteiger partial charge in [0.25, 0.3) is 5.84 Å². The second kappa shape index (κ2) is 3.33. The lowest BCUT2D eigenvalue weighted by Gasteiger charge is -1.98. The van der Waals surface area contributed by atoms with E-state index in [0.29, 0.717) is 5.69 Å². The third-order valence-electron chi connectivity index (χ3n) is 1.65. The topological polar surface area (TPSA) is 87.3 Å². The van der Waals surface area contributed by atoms with Crippen LogP contribution < -0.4 is 0 Å². The Bertz CT molecular complexity index is 413. The maximum absolute atomic E-state index is 10.5. The molecule has 0 aliphatic carbocycles. The molecule has 0 saturated heterocycles. The molecule has 0 amide bonds. The summed E-state index contributed by atoms with van der Waals surface area (Å²) in [5, 5.41) is 15.7. The molecule has 0 saturated carbocycles. The van der Waals surface area contributed by atoms with Gasteiger partial charge in [-0.05, 0) is 12.1 Å². The van der Waals surface area contributed by atoms with E-state index in [9.17, 15) is 4.79 Å². The van der Waals surface area contributed by atoms with Crippen LogP contribution in [0.3, 0.4) is 0 Å². The monoisotopic (exact) mass is 190 g/mol. The highest BCUT2D eigenvalue weighted by Crippen LogP contribution is 2.21. The van der Waals surface area contributed by atoms with Crippen LogP contribution in [0.2, 0.25) is 0 Å². The smallest absolute Gasteiger partial charge is 0.375 e. The number of carboxylic acids is 1. The van der Waals surface area contributed by atoms with E-state index in [1.54, 1.807) is 24.4 Å². The first-order valence-electron chi connectivity index (χ1n) is 3.90. The maximum Gasteiger partial charge on any atom is 0.375 e. The molecule has 1 aromatic rings. The van der Waals surface area contributed by atoms with Crippen molar-refractivity contribution in [3.63, 3.8) is 0 Å². The van der Waals surface area contributed by atoms with Crippen molar-refractivity contribution in [1.82, 2.24) is 4.98 Å². The maximum atomic E-state index is 10.5. The predicted octanol–water partition coefficient (Wildman–Crippen LogP) is 1.03. The zero-order valence-corrected chi connectivity index (χ0v) is 7.03. The van der Waals surface area contributed by atoms with E-state index in [4.69, 9.17) is 5.11 Å². The lowest BCUT2D eigenvalue weighted by molar-refractivity contribution is -0.129. The Morgan fingerprint density at radius 1 is 1.43 bits per heavy atom. The Kier molecular flexibility index (Phi) is 2.02. The first-order chi connectivity index (χ1) is 6.77. The second-order valence-corrected chi connectivity index (χ2v) is 2.60. The second-order valence-electron chi connectivity index (χ2n) is 2.60. The van der Waals surface area contributed by atoms with Gasteiger partial charge < -0.3 is 5.11 Å². The van der Waals surface area contributed by atoms with Crippen molar-refractivity contribution < 1.29 is 9.90 Å². The van der Waals surface area contributed by atoms with Crippen LogP contribution >= 0.6 is 0 Å². The summed E-state index contributed by atoms with van der Waals surface area (Å²) in [6.45, 7) is 0. The van der Waals surface area contributed by atoms with Crippen molar-refractivity contribution in [2.45, 2.75) is 6.17 Å². The van der Waals surface area contributed by atoms with Crippen molar-refractivity contribution in [1.29, 1.82) is 0 Å². The fraction of sp³-hybridized carbons (Fsp3) is 0.125.